The first-order chi connectivity index (χ1) is 26.8. The third kappa shape index (κ3) is 4.27. The minimum Gasteiger partial charge on any atom is -0.456 e. The number of hydrogen-bond acceptors (Lipinski definition) is 5. The minimum atomic E-state index is 0.630. The maximum atomic E-state index is 6.26. The third-order valence-electron chi connectivity index (χ3n) is 10.9. The van der Waals surface area contributed by atoms with Gasteiger partial charge in [-0.2, -0.15) is 0 Å². The Morgan fingerprint density at radius 3 is 1.81 bits per heavy atom. The summed E-state index contributed by atoms with van der Waals surface area (Å²) < 4.78 is 8.68. The summed E-state index contributed by atoms with van der Waals surface area (Å²) in [5, 5.41) is 7.04. The predicted octanol–water partition coefficient (Wildman–Crippen LogP) is 13.6. The lowest BCUT2D eigenvalue weighted by Gasteiger charge is -2.12. The number of para-hydroxylation sites is 1. The molecule has 0 saturated heterocycles. The lowest BCUT2D eigenvalue weighted by molar-refractivity contribution is 0.669. The molecular formula is C49H27N3OS. The molecule has 0 unspecified atom stereocenters. The maximum absolute atomic E-state index is 6.26. The van der Waals surface area contributed by atoms with Crippen molar-refractivity contribution in [2.75, 3.05) is 0 Å². The minimum absolute atomic E-state index is 0.630. The molecule has 3 heterocycles. The fourth-order valence-corrected chi connectivity index (χ4v) is 9.73. The van der Waals surface area contributed by atoms with Crippen molar-refractivity contribution in [1.29, 1.82) is 0 Å². The largest absolute Gasteiger partial charge is 0.456 e. The van der Waals surface area contributed by atoms with Gasteiger partial charge < -0.3 is 4.42 Å². The summed E-state index contributed by atoms with van der Waals surface area (Å²) in [7, 11) is 0. The molecule has 54 heavy (non-hydrogen) atoms. The Bertz CT molecular complexity index is 3330. The van der Waals surface area contributed by atoms with Gasteiger partial charge in [-0.3, -0.25) is 0 Å². The molecule has 1 aliphatic rings. The van der Waals surface area contributed by atoms with E-state index in [9.17, 15) is 0 Å². The van der Waals surface area contributed by atoms with Crippen LogP contribution in [-0.4, -0.2) is 15.0 Å². The molecule has 0 amide bonds. The standard InChI is InChI=1S/C49H27N3OS/c1-2-14-32-31(13-1)34-18-8-19-35-38(26-25-36(32)44(34)35)48-50-47(51-49(52-48)40-21-9-20-37-33-15-4-6-24-43(33)54-46(37)40)29-12-7-11-28(27-29)30-17-10-23-42-45(30)39-16-3-5-22-41(39)53-42/h1-27H. The van der Waals surface area contributed by atoms with Gasteiger partial charge in [-0.05, 0) is 80.6 Å². The van der Waals surface area contributed by atoms with Crippen LogP contribution in [0, 0.1) is 0 Å². The molecule has 0 fully saturated rings. The van der Waals surface area contributed by atoms with Crippen LogP contribution in [0.4, 0.5) is 0 Å². The number of aromatic nitrogens is 3. The van der Waals surface area contributed by atoms with Crippen LogP contribution < -0.4 is 0 Å². The highest BCUT2D eigenvalue weighted by molar-refractivity contribution is 7.26. The van der Waals surface area contributed by atoms with E-state index in [4.69, 9.17) is 19.4 Å². The van der Waals surface area contributed by atoms with Gasteiger partial charge in [0.05, 0.1) is 0 Å². The van der Waals surface area contributed by atoms with Crippen LogP contribution in [0.25, 0.3) is 120 Å². The molecule has 8 aromatic carbocycles. The molecule has 0 atom stereocenters. The molecule has 4 nitrogen and oxygen atoms in total. The summed E-state index contributed by atoms with van der Waals surface area (Å²) in [4.78, 5) is 15.9. The molecule has 3 aromatic heterocycles. The zero-order chi connectivity index (χ0) is 35.3. The Labute approximate surface area is 313 Å². The third-order valence-corrected chi connectivity index (χ3v) is 12.1. The van der Waals surface area contributed by atoms with Crippen molar-refractivity contribution < 1.29 is 4.42 Å². The Morgan fingerprint density at radius 1 is 0.352 bits per heavy atom. The average molecular weight is 706 g/mol. The highest BCUT2D eigenvalue weighted by Gasteiger charge is 2.24. The zero-order valence-electron chi connectivity index (χ0n) is 28.7. The van der Waals surface area contributed by atoms with Crippen LogP contribution in [0.5, 0.6) is 0 Å². The molecule has 0 saturated carbocycles. The van der Waals surface area contributed by atoms with Gasteiger partial charge in [-0.15, -0.1) is 11.3 Å². The Hall–Kier alpha value is -6.95. The van der Waals surface area contributed by atoms with Gasteiger partial charge in [-0.25, -0.2) is 15.0 Å². The topological polar surface area (TPSA) is 51.8 Å². The monoisotopic (exact) mass is 705 g/mol. The second kappa shape index (κ2) is 11.3. The molecule has 0 radical (unpaired) electrons. The summed E-state index contributed by atoms with van der Waals surface area (Å²) in [6.45, 7) is 0. The van der Waals surface area contributed by atoms with Gasteiger partial charge in [-0.1, -0.05) is 127 Å². The fraction of sp³-hybridized carbons (Fsp3) is 0. The number of hydrogen-bond donors (Lipinski definition) is 0. The smallest absolute Gasteiger partial charge is 0.165 e. The van der Waals surface area contributed by atoms with Crippen LogP contribution in [0.3, 0.4) is 0 Å². The van der Waals surface area contributed by atoms with Crippen molar-refractivity contribution in [3.05, 3.63) is 164 Å². The molecule has 0 N–H and O–H groups in total. The van der Waals surface area contributed by atoms with Crippen LogP contribution >= 0.6 is 11.3 Å². The number of furan rings is 1. The van der Waals surface area contributed by atoms with E-state index < -0.39 is 0 Å². The molecule has 11 aromatic rings. The van der Waals surface area contributed by atoms with Crippen molar-refractivity contribution in [2.24, 2.45) is 0 Å². The lowest BCUT2D eigenvalue weighted by atomic mass is 9.97. The van der Waals surface area contributed by atoms with Crippen LogP contribution in [0.2, 0.25) is 0 Å². The molecular weight excluding hydrogens is 679 g/mol. The number of rotatable bonds is 4. The Kier molecular flexibility index (Phi) is 6.18. The molecule has 0 bridgehead atoms. The van der Waals surface area contributed by atoms with Crippen molar-refractivity contribution in [3.63, 3.8) is 0 Å². The first-order valence-electron chi connectivity index (χ1n) is 18.1. The van der Waals surface area contributed by atoms with E-state index >= 15 is 0 Å². The lowest BCUT2D eigenvalue weighted by Crippen LogP contribution is -2.01. The van der Waals surface area contributed by atoms with Crippen LogP contribution in [0.1, 0.15) is 0 Å². The normalized spacial score (nSPS) is 12.1. The number of nitrogens with zero attached hydrogens (tertiary/aromatic N) is 3. The van der Waals surface area contributed by atoms with Crippen molar-refractivity contribution in [2.45, 2.75) is 0 Å². The van der Waals surface area contributed by atoms with E-state index in [1.807, 2.05) is 18.2 Å². The van der Waals surface area contributed by atoms with E-state index in [-0.39, 0.29) is 0 Å². The SMILES string of the molecule is c1cc(-c2nc(-c3ccc4c5c(cccc35)-c3ccccc3-4)nc(-c3cccc4c3sc3ccccc34)n2)cc(-c2cccc3oc4ccccc4c23)c1. The van der Waals surface area contributed by atoms with Gasteiger partial charge in [0.1, 0.15) is 11.2 Å². The van der Waals surface area contributed by atoms with Gasteiger partial charge >= 0.3 is 0 Å². The van der Waals surface area contributed by atoms with Gasteiger partial charge in [0.2, 0.25) is 0 Å². The second-order valence-electron chi connectivity index (χ2n) is 13.9. The Morgan fingerprint density at radius 2 is 0.926 bits per heavy atom. The molecule has 0 aliphatic heterocycles. The molecule has 0 spiro atoms. The summed E-state index contributed by atoms with van der Waals surface area (Å²) in [5.74, 6) is 1.94. The van der Waals surface area contributed by atoms with Crippen molar-refractivity contribution in [3.8, 4) is 67.5 Å². The first-order valence-corrected chi connectivity index (χ1v) is 18.9. The van der Waals surface area contributed by atoms with Crippen LogP contribution in [0.15, 0.2) is 168 Å². The molecule has 250 valence electrons. The fourth-order valence-electron chi connectivity index (χ4n) is 8.51. The maximum Gasteiger partial charge on any atom is 0.165 e. The quantitative estimate of drug-likeness (QED) is 0.183. The van der Waals surface area contributed by atoms with Crippen molar-refractivity contribution >= 4 is 64.2 Å². The van der Waals surface area contributed by atoms with E-state index in [2.05, 4.69) is 146 Å². The summed E-state index contributed by atoms with van der Waals surface area (Å²) in [6.07, 6.45) is 0. The second-order valence-corrected chi connectivity index (χ2v) is 14.9. The Balaban J connectivity index is 1.10. The number of benzene rings is 8. The summed E-state index contributed by atoms with van der Waals surface area (Å²) in [6, 6.07) is 57.8. The van der Waals surface area contributed by atoms with Gasteiger partial charge in [0.25, 0.3) is 0 Å². The average Bonchev–Trinajstić information content (AvgIpc) is 3.92. The van der Waals surface area contributed by atoms with E-state index in [0.717, 1.165) is 55.1 Å². The molecule has 12 rings (SSSR count). The van der Waals surface area contributed by atoms with E-state index in [0.29, 0.717) is 17.5 Å². The van der Waals surface area contributed by atoms with E-state index in [1.165, 1.54) is 47.8 Å². The summed E-state index contributed by atoms with van der Waals surface area (Å²) in [5.41, 5.74) is 11.9. The van der Waals surface area contributed by atoms with Gasteiger partial charge in [0.15, 0.2) is 17.5 Å². The van der Waals surface area contributed by atoms with E-state index in [1.54, 1.807) is 11.3 Å². The highest BCUT2D eigenvalue weighted by atomic mass is 32.1. The number of thiophene rings is 1. The first kappa shape index (κ1) is 29.6. The van der Waals surface area contributed by atoms with Gasteiger partial charge in [0, 0.05) is 47.6 Å². The highest BCUT2D eigenvalue weighted by Crippen LogP contribution is 2.49. The summed E-state index contributed by atoms with van der Waals surface area (Å²) >= 11 is 1.79. The molecule has 5 heteroatoms. The number of fused-ring (bicyclic) bond motifs is 9. The van der Waals surface area contributed by atoms with Crippen LogP contribution in [-0.2, 0) is 0 Å². The molecule has 1 aliphatic carbocycles. The zero-order valence-corrected chi connectivity index (χ0v) is 29.6. The predicted molar refractivity (Wildman–Crippen MR) is 224 cm³/mol. The van der Waals surface area contributed by atoms with Crippen molar-refractivity contribution in [1.82, 2.24) is 15.0 Å².